The van der Waals surface area contributed by atoms with Crippen LogP contribution in [0.1, 0.15) is 5.56 Å². The van der Waals surface area contributed by atoms with Gasteiger partial charge in [-0.25, -0.2) is 4.39 Å². The number of hydrogen-bond donors (Lipinski definition) is 2. The molecule has 0 radical (unpaired) electrons. The second-order valence-corrected chi connectivity index (χ2v) is 3.99. The van der Waals surface area contributed by atoms with Crippen LogP contribution in [0.2, 0.25) is 0 Å². The fourth-order valence-corrected chi connectivity index (χ4v) is 2.04. The molecule has 0 saturated heterocycles. The zero-order chi connectivity index (χ0) is 10.1. The maximum Gasteiger partial charge on any atom is 0.132 e. The Hall–Kier alpha value is -0.580. The van der Waals surface area contributed by atoms with E-state index in [9.17, 15) is 4.39 Å². The van der Waals surface area contributed by atoms with Crippen LogP contribution in [0.4, 0.5) is 4.39 Å². The van der Waals surface area contributed by atoms with Crippen molar-refractivity contribution >= 4 is 39.2 Å². The average molecular weight is 294 g/mol. The summed E-state index contributed by atoms with van der Waals surface area (Å²) < 4.78 is 14.4. The molecule has 2 nitrogen and oxygen atoms in total. The molecule has 1 heterocycles. The van der Waals surface area contributed by atoms with Crippen molar-refractivity contribution in [2.24, 2.45) is 5.73 Å². The number of rotatable bonds is 2. The zero-order valence-electron chi connectivity index (χ0n) is 7.89. The molecule has 1 aromatic heterocycles. The summed E-state index contributed by atoms with van der Waals surface area (Å²) >= 11 is 3.37. The predicted molar refractivity (Wildman–Crippen MR) is 66.0 cm³/mol. The Labute approximate surface area is 102 Å². The first kappa shape index (κ1) is 12.5. The summed E-state index contributed by atoms with van der Waals surface area (Å²) in [5.74, 6) is -0.201. The van der Waals surface area contributed by atoms with Crippen molar-refractivity contribution in [2.75, 3.05) is 6.54 Å². The van der Waals surface area contributed by atoms with Gasteiger partial charge in [0.2, 0.25) is 0 Å². The van der Waals surface area contributed by atoms with Gasteiger partial charge in [0, 0.05) is 16.1 Å². The SMILES string of the molecule is Cl.NCCc1c[nH]c2c(Br)ccc(F)c12. The molecule has 0 bridgehead atoms. The van der Waals surface area contributed by atoms with Crippen molar-refractivity contribution in [3.05, 3.63) is 34.2 Å². The molecule has 0 aliphatic heterocycles. The third-order valence-electron chi connectivity index (χ3n) is 2.23. The van der Waals surface area contributed by atoms with Crippen molar-refractivity contribution in [1.82, 2.24) is 4.98 Å². The Morgan fingerprint density at radius 1 is 1.40 bits per heavy atom. The zero-order valence-corrected chi connectivity index (χ0v) is 10.3. The monoisotopic (exact) mass is 292 g/mol. The molecule has 0 atom stereocenters. The molecule has 0 unspecified atom stereocenters. The normalized spacial score (nSPS) is 10.3. The Kier molecular flexibility index (Phi) is 4.13. The van der Waals surface area contributed by atoms with Gasteiger partial charge < -0.3 is 10.7 Å². The first-order valence-electron chi connectivity index (χ1n) is 4.38. The number of H-pyrrole nitrogens is 1. The summed E-state index contributed by atoms with van der Waals surface area (Å²) in [5.41, 5.74) is 7.18. The van der Waals surface area contributed by atoms with E-state index in [1.165, 1.54) is 6.07 Å². The number of aromatic amines is 1. The second-order valence-electron chi connectivity index (χ2n) is 3.13. The lowest BCUT2D eigenvalue weighted by Gasteiger charge is -1.99. The van der Waals surface area contributed by atoms with E-state index in [-0.39, 0.29) is 18.2 Å². The molecule has 1 aromatic carbocycles. The van der Waals surface area contributed by atoms with Gasteiger partial charge in [-0.05, 0) is 46.6 Å². The average Bonchev–Trinajstić information content (AvgIpc) is 2.58. The van der Waals surface area contributed by atoms with Crippen molar-refractivity contribution < 1.29 is 4.39 Å². The summed E-state index contributed by atoms with van der Waals surface area (Å²) in [7, 11) is 0. The van der Waals surface area contributed by atoms with Gasteiger partial charge >= 0.3 is 0 Å². The van der Waals surface area contributed by atoms with Gasteiger partial charge in [0.1, 0.15) is 5.82 Å². The number of fused-ring (bicyclic) bond motifs is 1. The third-order valence-corrected chi connectivity index (χ3v) is 2.89. The van der Waals surface area contributed by atoms with Crippen molar-refractivity contribution in [3.63, 3.8) is 0 Å². The first-order chi connectivity index (χ1) is 6.74. The number of hydrogen-bond acceptors (Lipinski definition) is 1. The number of nitrogens with two attached hydrogens (primary N) is 1. The summed E-state index contributed by atoms with van der Waals surface area (Å²) in [4.78, 5) is 3.04. The van der Waals surface area contributed by atoms with Crippen molar-refractivity contribution in [3.8, 4) is 0 Å². The molecule has 2 aromatic rings. The lowest BCUT2D eigenvalue weighted by molar-refractivity contribution is 0.639. The Morgan fingerprint density at radius 3 is 2.80 bits per heavy atom. The topological polar surface area (TPSA) is 41.8 Å². The molecule has 2 rings (SSSR count). The van der Waals surface area contributed by atoms with Crippen LogP contribution in [0.25, 0.3) is 10.9 Å². The van der Waals surface area contributed by atoms with E-state index in [0.717, 1.165) is 15.6 Å². The fourth-order valence-electron chi connectivity index (χ4n) is 1.59. The maximum atomic E-state index is 13.5. The van der Waals surface area contributed by atoms with E-state index in [2.05, 4.69) is 20.9 Å². The predicted octanol–water partition coefficient (Wildman–Crippen LogP) is 2.99. The van der Waals surface area contributed by atoms with Gasteiger partial charge in [-0.1, -0.05) is 0 Å². The Bertz CT molecular complexity index is 470. The van der Waals surface area contributed by atoms with Crippen LogP contribution >= 0.6 is 28.3 Å². The molecular weight excluding hydrogens is 282 g/mol. The molecule has 82 valence electrons. The molecule has 0 aliphatic carbocycles. The van der Waals surface area contributed by atoms with Gasteiger partial charge in [0.15, 0.2) is 0 Å². The molecule has 15 heavy (non-hydrogen) atoms. The van der Waals surface area contributed by atoms with E-state index < -0.39 is 0 Å². The minimum absolute atomic E-state index is 0. The third kappa shape index (κ3) is 2.17. The van der Waals surface area contributed by atoms with Crippen LogP contribution in [0.3, 0.4) is 0 Å². The molecule has 0 amide bonds. The van der Waals surface area contributed by atoms with Crippen molar-refractivity contribution in [2.45, 2.75) is 6.42 Å². The van der Waals surface area contributed by atoms with E-state index in [1.807, 2.05) is 6.20 Å². The highest BCUT2D eigenvalue weighted by Gasteiger charge is 2.10. The highest BCUT2D eigenvalue weighted by Crippen LogP contribution is 2.28. The van der Waals surface area contributed by atoms with Crippen molar-refractivity contribution in [1.29, 1.82) is 0 Å². The lowest BCUT2D eigenvalue weighted by atomic mass is 10.1. The van der Waals surface area contributed by atoms with Crippen LogP contribution in [0.15, 0.2) is 22.8 Å². The standard InChI is InChI=1S/C10H10BrFN2.ClH/c11-7-1-2-8(12)9-6(3-4-13)5-14-10(7)9;/h1-2,5,14H,3-4,13H2;1H. The van der Waals surface area contributed by atoms with Crippen LogP contribution < -0.4 is 5.73 Å². The molecule has 0 saturated carbocycles. The summed E-state index contributed by atoms with van der Waals surface area (Å²) in [6, 6.07) is 3.15. The minimum atomic E-state index is -0.201. The Balaban J connectivity index is 0.00000112. The van der Waals surface area contributed by atoms with Gasteiger partial charge in [0.25, 0.3) is 0 Å². The number of benzene rings is 1. The summed E-state index contributed by atoms with van der Waals surface area (Å²) in [5, 5.41) is 0.643. The molecule has 5 heteroatoms. The van der Waals surface area contributed by atoms with Gasteiger partial charge in [-0.3, -0.25) is 0 Å². The second kappa shape index (κ2) is 4.96. The molecule has 3 N–H and O–H groups in total. The number of halogens is 3. The smallest absolute Gasteiger partial charge is 0.132 e. The maximum absolute atomic E-state index is 13.5. The van der Waals surface area contributed by atoms with E-state index >= 15 is 0 Å². The summed E-state index contributed by atoms with van der Waals surface area (Å²) in [6.45, 7) is 0.527. The highest BCUT2D eigenvalue weighted by molar-refractivity contribution is 9.10. The van der Waals surface area contributed by atoms with E-state index in [0.29, 0.717) is 18.4 Å². The number of nitrogens with one attached hydrogen (secondary N) is 1. The molecule has 0 aliphatic rings. The van der Waals surface area contributed by atoms with Crippen LogP contribution in [0.5, 0.6) is 0 Å². The van der Waals surface area contributed by atoms with E-state index in [4.69, 9.17) is 5.73 Å². The number of aromatic nitrogens is 1. The van der Waals surface area contributed by atoms with Crippen LogP contribution in [-0.4, -0.2) is 11.5 Å². The van der Waals surface area contributed by atoms with E-state index in [1.54, 1.807) is 6.07 Å². The van der Waals surface area contributed by atoms with Crippen LogP contribution in [-0.2, 0) is 6.42 Å². The molecule has 0 spiro atoms. The highest BCUT2D eigenvalue weighted by atomic mass is 79.9. The fraction of sp³-hybridized carbons (Fsp3) is 0.200. The molecular formula is C10H11BrClFN2. The van der Waals surface area contributed by atoms with Gasteiger partial charge in [-0.15, -0.1) is 12.4 Å². The minimum Gasteiger partial charge on any atom is -0.360 e. The Morgan fingerprint density at radius 2 is 2.13 bits per heavy atom. The first-order valence-corrected chi connectivity index (χ1v) is 5.17. The van der Waals surface area contributed by atoms with Crippen LogP contribution in [0, 0.1) is 5.82 Å². The molecule has 0 fully saturated rings. The van der Waals surface area contributed by atoms with Gasteiger partial charge in [-0.2, -0.15) is 0 Å². The quantitative estimate of drug-likeness (QED) is 0.878. The lowest BCUT2D eigenvalue weighted by Crippen LogP contribution is -2.02. The largest absolute Gasteiger partial charge is 0.360 e. The van der Waals surface area contributed by atoms with Gasteiger partial charge in [0.05, 0.1) is 5.52 Å². The summed E-state index contributed by atoms with van der Waals surface area (Å²) in [6.07, 6.45) is 2.50.